The fourth-order valence-corrected chi connectivity index (χ4v) is 4.22. The maximum absolute atomic E-state index is 12.5. The Hall–Kier alpha value is -3.31. The van der Waals surface area contributed by atoms with Crippen LogP contribution in [0.3, 0.4) is 0 Å². The lowest BCUT2D eigenvalue weighted by Crippen LogP contribution is -2.31. The van der Waals surface area contributed by atoms with Gasteiger partial charge in [0.1, 0.15) is 6.54 Å². The van der Waals surface area contributed by atoms with Gasteiger partial charge in [-0.25, -0.2) is 13.2 Å². The number of carbonyl (C=O) groups excluding carboxylic acids is 1. The lowest BCUT2D eigenvalue weighted by atomic mass is 10.3. The summed E-state index contributed by atoms with van der Waals surface area (Å²) in [4.78, 5) is 23.8. The van der Waals surface area contributed by atoms with E-state index in [2.05, 4.69) is 4.72 Å². The molecule has 0 saturated carbocycles. The summed E-state index contributed by atoms with van der Waals surface area (Å²) in [6.07, 6.45) is 1.07. The van der Waals surface area contributed by atoms with Gasteiger partial charge in [-0.1, -0.05) is 12.1 Å². The van der Waals surface area contributed by atoms with E-state index >= 15 is 0 Å². The highest BCUT2D eigenvalue weighted by Crippen LogP contribution is 2.31. The molecule has 1 N–H and O–H groups in total. The number of para-hydroxylation sites is 2. The average molecular weight is 462 g/mol. The number of rotatable bonds is 8. The molecule has 3 aromatic rings. The molecule has 0 unspecified atom stereocenters. The highest BCUT2D eigenvalue weighted by atomic mass is 32.2. The summed E-state index contributed by atoms with van der Waals surface area (Å²) >= 11 is 0. The number of nitrogens with one attached hydrogen (secondary N) is 1. The van der Waals surface area contributed by atoms with Crippen LogP contribution in [-0.4, -0.2) is 45.3 Å². The molecule has 0 atom stereocenters. The zero-order valence-electron chi connectivity index (χ0n) is 17.1. The van der Waals surface area contributed by atoms with Crippen LogP contribution in [0.4, 0.5) is 0 Å². The second-order valence-corrected chi connectivity index (χ2v) is 8.81. The van der Waals surface area contributed by atoms with Crippen molar-refractivity contribution in [2.75, 3.05) is 26.4 Å². The van der Waals surface area contributed by atoms with Gasteiger partial charge in [0.2, 0.25) is 10.0 Å². The number of esters is 1. The number of hydrogen-bond acceptors (Lipinski definition) is 8. The quantitative estimate of drug-likeness (QED) is 0.396. The first-order valence-corrected chi connectivity index (χ1v) is 11.6. The third-order valence-corrected chi connectivity index (χ3v) is 6.20. The van der Waals surface area contributed by atoms with Gasteiger partial charge in [-0.3, -0.25) is 9.36 Å². The zero-order valence-corrected chi connectivity index (χ0v) is 17.9. The van der Waals surface area contributed by atoms with Gasteiger partial charge in [-0.2, -0.15) is 4.72 Å². The monoisotopic (exact) mass is 462 g/mol. The van der Waals surface area contributed by atoms with Crippen LogP contribution in [0.2, 0.25) is 0 Å². The van der Waals surface area contributed by atoms with Gasteiger partial charge >= 0.3 is 11.7 Å². The first-order valence-electron chi connectivity index (χ1n) is 10.1. The second kappa shape index (κ2) is 9.45. The lowest BCUT2D eigenvalue weighted by molar-refractivity contribution is -0.142. The van der Waals surface area contributed by atoms with Crippen LogP contribution in [-0.2, 0) is 26.1 Å². The highest BCUT2D eigenvalue weighted by Gasteiger charge is 2.20. The lowest BCUT2D eigenvalue weighted by Gasteiger charge is -2.11. The number of aryl methyl sites for hydroxylation is 1. The van der Waals surface area contributed by atoms with E-state index in [0.29, 0.717) is 55.2 Å². The minimum Gasteiger partial charge on any atom is -0.490 e. The molecule has 0 saturated heterocycles. The molecule has 4 rings (SSSR count). The molecule has 1 aliphatic rings. The van der Waals surface area contributed by atoms with Crippen molar-refractivity contribution in [1.29, 1.82) is 0 Å². The molecule has 32 heavy (non-hydrogen) atoms. The zero-order chi connectivity index (χ0) is 22.6. The molecule has 170 valence electrons. The highest BCUT2D eigenvalue weighted by molar-refractivity contribution is 7.89. The number of hydrogen-bond donors (Lipinski definition) is 1. The molecule has 0 spiro atoms. The molecule has 0 radical (unpaired) electrons. The molecule has 2 aromatic carbocycles. The predicted octanol–water partition coefficient (Wildman–Crippen LogP) is 1.67. The fourth-order valence-electron chi connectivity index (χ4n) is 3.23. The van der Waals surface area contributed by atoms with E-state index in [1.54, 1.807) is 24.3 Å². The van der Waals surface area contributed by atoms with E-state index in [-0.39, 0.29) is 11.5 Å². The molecule has 0 aliphatic carbocycles. The van der Waals surface area contributed by atoms with Gasteiger partial charge in [0.15, 0.2) is 17.1 Å². The van der Waals surface area contributed by atoms with Gasteiger partial charge in [0, 0.05) is 19.0 Å². The van der Waals surface area contributed by atoms with Crippen LogP contribution < -0.4 is 20.0 Å². The molecule has 2 heterocycles. The predicted molar refractivity (Wildman–Crippen MR) is 113 cm³/mol. The van der Waals surface area contributed by atoms with Crippen LogP contribution in [0, 0.1) is 0 Å². The number of sulfonamides is 1. The number of nitrogens with zero attached hydrogens (tertiary/aromatic N) is 1. The third-order valence-electron chi connectivity index (χ3n) is 4.80. The summed E-state index contributed by atoms with van der Waals surface area (Å²) < 4.78 is 49.9. The normalized spacial score (nSPS) is 13.6. The molecule has 10 nitrogen and oxygen atoms in total. The summed E-state index contributed by atoms with van der Waals surface area (Å²) in [5.41, 5.74) is 1.14. The average Bonchev–Trinajstić information content (AvgIpc) is 2.94. The van der Waals surface area contributed by atoms with Crippen molar-refractivity contribution in [2.45, 2.75) is 24.3 Å². The van der Waals surface area contributed by atoms with Crippen molar-refractivity contribution < 1.29 is 31.8 Å². The molecule has 0 amide bonds. The van der Waals surface area contributed by atoms with Crippen LogP contribution in [0.25, 0.3) is 11.1 Å². The molecule has 0 bridgehead atoms. The largest absolute Gasteiger partial charge is 0.490 e. The fraction of sp³-hybridized carbons (Fsp3) is 0.333. The van der Waals surface area contributed by atoms with E-state index in [0.717, 1.165) is 0 Å². The Bertz CT molecular complexity index is 1280. The number of aromatic nitrogens is 1. The Morgan fingerprint density at radius 2 is 1.88 bits per heavy atom. The first kappa shape index (κ1) is 21.9. The number of benzene rings is 2. The standard InChI is InChI=1S/C21H22N2O8S/c24-20(30-10-3-9-23-16-5-1-2-6-17(16)31-21(23)25)14-22-32(26,27)15-7-8-18-19(13-15)29-12-4-11-28-18/h1-2,5-8,13,22H,3-4,9-12,14H2. The van der Waals surface area contributed by atoms with Crippen LogP contribution >= 0.6 is 0 Å². The molecule has 0 fully saturated rings. The summed E-state index contributed by atoms with van der Waals surface area (Å²) in [7, 11) is -3.94. The number of ether oxygens (including phenoxy) is 3. The summed E-state index contributed by atoms with van der Waals surface area (Å²) in [6.45, 7) is 0.722. The molecule has 11 heteroatoms. The van der Waals surface area contributed by atoms with Crippen molar-refractivity contribution in [3.63, 3.8) is 0 Å². The van der Waals surface area contributed by atoms with Crippen LogP contribution in [0.1, 0.15) is 12.8 Å². The Morgan fingerprint density at radius 3 is 2.72 bits per heavy atom. The van der Waals surface area contributed by atoms with E-state index in [9.17, 15) is 18.0 Å². The number of oxazole rings is 1. The Morgan fingerprint density at radius 1 is 1.09 bits per heavy atom. The van der Waals surface area contributed by atoms with Gasteiger partial charge < -0.3 is 18.6 Å². The third kappa shape index (κ3) is 4.94. The van der Waals surface area contributed by atoms with Gasteiger partial charge in [-0.05, 0) is 30.7 Å². The van der Waals surface area contributed by atoms with Gasteiger partial charge in [0.05, 0.1) is 30.2 Å². The topological polar surface area (TPSA) is 126 Å². The Balaban J connectivity index is 1.27. The van der Waals surface area contributed by atoms with Gasteiger partial charge in [0.25, 0.3) is 0 Å². The van der Waals surface area contributed by atoms with E-state index in [4.69, 9.17) is 18.6 Å². The van der Waals surface area contributed by atoms with Crippen LogP contribution in [0.15, 0.2) is 56.6 Å². The second-order valence-electron chi connectivity index (χ2n) is 7.04. The summed E-state index contributed by atoms with van der Waals surface area (Å²) in [5.74, 6) is -0.395. The smallest absolute Gasteiger partial charge is 0.419 e. The molecule has 1 aliphatic heterocycles. The van der Waals surface area contributed by atoms with E-state index in [1.807, 2.05) is 0 Å². The maximum Gasteiger partial charge on any atom is 0.419 e. The molecular formula is C21H22N2O8S. The van der Waals surface area contributed by atoms with Crippen LogP contribution in [0.5, 0.6) is 11.5 Å². The van der Waals surface area contributed by atoms with E-state index in [1.165, 1.54) is 22.8 Å². The van der Waals surface area contributed by atoms with Gasteiger partial charge in [-0.15, -0.1) is 0 Å². The minimum absolute atomic E-state index is 0.0243. The molecule has 1 aromatic heterocycles. The summed E-state index contributed by atoms with van der Waals surface area (Å²) in [6, 6.07) is 11.3. The SMILES string of the molecule is O=C(CNS(=O)(=O)c1ccc2c(c1)OCCCO2)OCCCn1c(=O)oc2ccccc21. The Labute approximate surface area is 183 Å². The number of fused-ring (bicyclic) bond motifs is 2. The van der Waals surface area contributed by atoms with E-state index < -0.39 is 28.3 Å². The first-order chi connectivity index (χ1) is 15.4. The Kier molecular flexibility index (Phi) is 6.47. The molecular weight excluding hydrogens is 440 g/mol. The maximum atomic E-state index is 12.5. The van der Waals surface area contributed by atoms with Crippen molar-refractivity contribution in [2.24, 2.45) is 0 Å². The van der Waals surface area contributed by atoms with Crippen molar-refractivity contribution >= 4 is 27.1 Å². The van der Waals surface area contributed by atoms with Crippen molar-refractivity contribution in [3.8, 4) is 11.5 Å². The van der Waals surface area contributed by atoms with Crippen molar-refractivity contribution in [3.05, 3.63) is 53.0 Å². The summed E-state index contributed by atoms with van der Waals surface area (Å²) in [5, 5.41) is 0. The minimum atomic E-state index is -3.94. The number of carbonyl (C=O) groups is 1. The van der Waals surface area contributed by atoms with Crippen molar-refractivity contribution in [1.82, 2.24) is 9.29 Å².